The van der Waals surface area contributed by atoms with E-state index in [0.29, 0.717) is 29.9 Å². The van der Waals surface area contributed by atoms with E-state index in [-0.39, 0.29) is 17.5 Å². The van der Waals surface area contributed by atoms with Gasteiger partial charge in [-0.1, -0.05) is 34.1 Å². The fraction of sp³-hybridized carbons (Fsp3) is 0.696. The van der Waals surface area contributed by atoms with Gasteiger partial charge in [-0.25, -0.2) is 4.79 Å². The van der Waals surface area contributed by atoms with Gasteiger partial charge in [0.05, 0.1) is 30.8 Å². The third-order valence-electron chi connectivity index (χ3n) is 6.42. The maximum atomic E-state index is 12.6. The molecule has 3 unspecified atom stereocenters. The lowest BCUT2D eigenvalue weighted by atomic mass is 9.75. The lowest BCUT2D eigenvalue weighted by Gasteiger charge is -2.40. The summed E-state index contributed by atoms with van der Waals surface area (Å²) in [5.41, 5.74) is 0.751. The molecule has 150 valence electrons. The molecule has 1 aromatic carbocycles. The Kier molecular flexibility index (Phi) is 6.46. The average Bonchev–Trinajstić information content (AvgIpc) is 2.61. The summed E-state index contributed by atoms with van der Waals surface area (Å²) >= 11 is 0. The Morgan fingerprint density at radius 2 is 1.93 bits per heavy atom. The van der Waals surface area contributed by atoms with Crippen molar-refractivity contribution < 1.29 is 19.0 Å². The standard InChI is InChI=1S/C23H34O4/c1-5-23(13-25-14-23)15-26-19-9-7-18(8-10-19)22(24)27-21-12-17(4)6-11-20(21)16(2)3/h7-10,16-17,20-21H,5-6,11-15H2,1-4H3. The zero-order valence-corrected chi connectivity index (χ0v) is 17.2. The second-order valence-corrected chi connectivity index (χ2v) is 8.93. The van der Waals surface area contributed by atoms with Gasteiger partial charge in [-0.2, -0.15) is 0 Å². The Hall–Kier alpha value is -1.55. The third kappa shape index (κ3) is 4.84. The second kappa shape index (κ2) is 8.64. The molecule has 0 bridgehead atoms. The second-order valence-electron chi connectivity index (χ2n) is 8.93. The van der Waals surface area contributed by atoms with Crippen LogP contribution in [0.4, 0.5) is 0 Å². The molecule has 1 aliphatic carbocycles. The van der Waals surface area contributed by atoms with Crippen molar-refractivity contribution >= 4 is 5.97 Å². The molecule has 2 fully saturated rings. The predicted molar refractivity (Wildman–Crippen MR) is 106 cm³/mol. The van der Waals surface area contributed by atoms with Gasteiger partial charge in [0.1, 0.15) is 11.9 Å². The van der Waals surface area contributed by atoms with E-state index in [1.54, 1.807) is 0 Å². The van der Waals surface area contributed by atoms with E-state index >= 15 is 0 Å². The maximum Gasteiger partial charge on any atom is 0.338 e. The molecule has 1 heterocycles. The quantitative estimate of drug-likeness (QED) is 0.622. The molecular formula is C23H34O4. The van der Waals surface area contributed by atoms with Crippen LogP contribution in [0, 0.1) is 23.2 Å². The summed E-state index contributed by atoms with van der Waals surface area (Å²) < 4.78 is 17.2. The van der Waals surface area contributed by atoms with Crippen LogP contribution in [0.2, 0.25) is 0 Å². The number of ether oxygens (including phenoxy) is 3. The Morgan fingerprint density at radius 3 is 2.48 bits per heavy atom. The van der Waals surface area contributed by atoms with Gasteiger partial charge in [0.2, 0.25) is 0 Å². The largest absolute Gasteiger partial charge is 0.493 e. The van der Waals surface area contributed by atoms with Crippen LogP contribution in [0.15, 0.2) is 24.3 Å². The number of hydrogen-bond donors (Lipinski definition) is 0. The smallest absolute Gasteiger partial charge is 0.338 e. The fourth-order valence-corrected chi connectivity index (χ4v) is 4.16. The Balaban J connectivity index is 1.56. The van der Waals surface area contributed by atoms with Crippen molar-refractivity contribution in [2.24, 2.45) is 23.2 Å². The van der Waals surface area contributed by atoms with Crippen molar-refractivity contribution in [3.05, 3.63) is 29.8 Å². The molecule has 4 nitrogen and oxygen atoms in total. The Labute approximate surface area is 163 Å². The van der Waals surface area contributed by atoms with Crippen molar-refractivity contribution in [2.75, 3.05) is 19.8 Å². The molecule has 3 rings (SSSR count). The van der Waals surface area contributed by atoms with Crippen LogP contribution in [0.5, 0.6) is 5.75 Å². The van der Waals surface area contributed by atoms with Crippen molar-refractivity contribution in [3.63, 3.8) is 0 Å². The summed E-state index contributed by atoms with van der Waals surface area (Å²) in [7, 11) is 0. The number of carbonyl (C=O) groups is 1. The van der Waals surface area contributed by atoms with E-state index in [0.717, 1.165) is 38.2 Å². The molecule has 27 heavy (non-hydrogen) atoms. The Morgan fingerprint density at radius 1 is 1.22 bits per heavy atom. The first-order valence-electron chi connectivity index (χ1n) is 10.4. The number of rotatable bonds is 7. The van der Waals surface area contributed by atoms with Gasteiger partial charge in [0, 0.05) is 0 Å². The first-order chi connectivity index (χ1) is 12.9. The first kappa shape index (κ1) is 20.2. The van der Waals surface area contributed by atoms with Crippen LogP contribution in [0.25, 0.3) is 0 Å². The minimum absolute atomic E-state index is 0.0280. The first-order valence-corrected chi connectivity index (χ1v) is 10.4. The molecule has 0 amide bonds. The lowest BCUT2D eigenvalue weighted by Crippen LogP contribution is -2.46. The van der Waals surface area contributed by atoms with Gasteiger partial charge in [-0.05, 0) is 61.3 Å². The molecular weight excluding hydrogens is 340 g/mol. The molecule has 1 saturated carbocycles. The molecule has 3 atom stereocenters. The highest BCUT2D eigenvalue weighted by Gasteiger charge is 2.37. The normalized spacial score (nSPS) is 27.1. The van der Waals surface area contributed by atoms with Gasteiger partial charge in [0.25, 0.3) is 0 Å². The Bertz CT molecular complexity index is 612. The third-order valence-corrected chi connectivity index (χ3v) is 6.42. The van der Waals surface area contributed by atoms with Crippen LogP contribution < -0.4 is 4.74 Å². The number of esters is 1. The van der Waals surface area contributed by atoms with E-state index < -0.39 is 0 Å². The van der Waals surface area contributed by atoms with E-state index in [1.807, 2.05) is 24.3 Å². The lowest BCUT2D eigenvalue weighted by molar-refractivity contribution is -0.133. The summed E-state index contributed by atoms with van der Waals surface area (Å²) in [6.07, 6.45) is 4.42. The molecule has 0 N–H and O–H groups in total. The van der Waals surface area contributed by atoms with Gasteiger partial charge >= 0.3 is 5.97 Å². The molecule has 2 aliphatic rings. The molecule has 0 spiro atoms. The molecule has 0 radical (unpaired) electrons. The van der Waals surface area contributed by atoms with Crippen LogP contribution in [0.1, 0.15) is 63.7 Å². The SMILES string of the molecule is CCC1(COc2ccc(C(=O)OC3CC(C)CCC3C(C)C)cc2)COC1. The molecule has 0 aromatic heterocycles. The monoisotopic (exact) mass is 374 g/mol. The zero-order valence-electron chi connectivity index (χ0n) is 17.2. The van der Waals surface area contributed by atoms with Gasteiger partial charge in [-0.15, -0.1) is 0 Å². The van der Waals surface area contributed by atoms with Crippen LogP contribution in [-0.2, 0) is 9.47 Å². The van der Waals surface area contributed by atoms with Crippen molar-refractivity contribution in [3.8, 4) is 5.75 Å². The summed E-state index contributed by atoms with van der Waals surface area (Å²) in [6.45, 7) is 11.1. The highest BCUT2D eigenvalue weighted by molar-refractivity contribution is 5.89. The minimum Gasteiger partial charge on any atom is -0.493 e. The maximum absolute atomic E-state index is 12.6. The van der Waals surface area contributed by atoms with E-state index in [1.165, 1.54) is 6.42 Å². The summed E-state index contributed by atoms with van der Waals surface area (Å²) in [5, 5.41) is 0. The highest BCUT2D eigenvalue weighted by Crippen LogP contribution is 2.36. The van der Waals surface area contributed by atoms with Crippen LogP contribution in [0.3, 0.4) is 0 Å². The van der Waals surface area contributed by atoms with E-state index in [2.05, 4.69) is 27.7 Å². The van der Waals surface area contributed by atoms with Crippen molar-refractivity contribution in [1.82, 2.24) is 0 Å². The fourth-order valence-electron chi connectivity index (χ4n) is 4.16. The van der Waals surface area contributed by atoms with Crippen LogP contribution >= 0.6 is 0 Å². The van der Waals surface area contributed by atoms with Gasteiger partial charge in [-0.3, -0.25) is 0 Å². The minimum atomic E-state index is -0.219. The molecule has 1 aliphatic heterocycles. The molecule has 1 aromatic rings. The van der Waals surface area contributed by atoms with Crippen LogP contribution in [-0.4, -0.2) is 31.9 Å². The predicted octanol–water partition coefficient (Wildman–Crippen LogP) is 5.11. The average molecular weight is 375 g/mol. The van der Waals surface area contributed by atoms with Gasteiger partial charge < -0.3 is 14.2 Å². The summed E-state index contributed by atoms with van der Waals surface area (Å²) in [6, 6.07) is 7.35. The van der Waals surface area contributed by atoms with Crippen molar-refractivity contribution in [1.29, 1.82) is 0 Å². The van der Waals surface area contributed by atoms with Crippen molar-refractivity contribution in [2.45, 2.75) is 59.5 Å². The number of carbonyl (C=O) groups excluding carboxylic acids is 1. The zero-order chi connectivity index (χ0) is 19.4. The topological polar surface area (TPSA) is 44.8 Å². The molecule has 1 saturated heterocycles. The van der Waals surface area contributed by atoms with E-state index in [4.69, 9.17) is 14.2 Å². The van der Waals surface area contributed by atoms with E-state index in [9.17, 15) is 4.79 Å². The summed E-state index contributed by atoms with van der Waals surface area (Å²) in [5.74, 6) is 2.19. The number of hydrogen-bond acceptors (Lipinski definition) is 4. The molecule has 4 heteroatoms. The highest BCUT2D eigenvalue weighted by atomic mass is 16.5. The van der Waals surface area contributed by atoms with Gasteiger partial charge in [0.15, 0.2) is 0 Å². The summed E-state index contributed by atoms with van der Waals surface area (Å²) in [4.78, 5) is 12.6. The number of benzene rings is 1.